The van der Waals surface area contributed by atoms with Gasteiger partial charge in [0.2, 0.25) is 0 Å². The quantitative estimate of drug-likeness (QED) is 0.529. The van der Waals surface area contributed by atoms with Crippen molar-refractivity contribution in [2.75, 3.05) is 18.1 Å². The Labute approximate surface area is 72.1 Å². The standard InChI is InChI=1S/C9H12NOP/c10-8-3-1-4-9(7-8)12(11)5-2-6-12/h1,3-4,7H,2,5-6,10H2. The number of benzene rings is 1. The van der Waals surface area contributed by atoms with E-state index in [2.05, 4.69) is 0 Å². The number of rotatable bonds is 1. The number of nitrogens with two attached hydrogens (primary N) is 1. The molecule has 2 N–H and O–H groups in total. The third kappa shape index (κ3) is 1.16. The van der Waals surface area contributed by atoms with Crippen LogP contribution in [0.15, 0.2) is 24.3 Å². The molecule has 0 saturated carbocycles. The van der Waals surface area contributed by atoms with Gasteiger partial charge in [0, 0.05) is 23.3 Å². The van der Waals surface area contributed by atoms with Gasteiger partial charge in [-0.2, -0.15) is 0 Å². The molecule has 0 aromatic heterocycles. The minimum atomic E-state index is -1.95. The third-order valence-corrected chi connectivity index (χ3v) is 5.68. The molecular formula is C9H12NOP. The van der Waals surface area contributed by atoms with E-state index in [1.54, 1.807) is 0 Å². The van der Waals surface area contributed by atoms with Gasteiger partial charge in [-0.1, -0.05) is 12.1 Å². The van der Waals surface area contributed by atoms with Gasteiger partial charge >= 0.3 is 0 Å². The fraction of sp³-hybridized carbons (Fsp3) is 0.333. The lowest BCUT2D eigenvalue weighted by Gasteiger charge is -2.26. The van der Waals surface area contributed by atoms with E-state index < -0.39 is 7.14 Å². The Balaban J connectivity index is 2.40. The maximum atomic E-state index is 12.0. The molecule has 1 aromatic rings. The van der Waals surface area contributed by atoms with Crippen LogP contribution in [0.3, 0.4) is 0 Å². The monoisotopic (exact) mass is 181 g/mol. The lowest BCUT2D eigenvalue weighted by molar-refractivity contribution is 0.570. The zero-order valence-electron chi connectivity index (χ0n) is 6.86. The van der Waals surface area contributed by atoms with E-state index in [1.807, 2.05) is 24.3 Å². The van der Waals surface area contributed by atoms with Crippen molar-refractivity contribution in [3.05, 3.63) is 24.3 Å². The summed E-state index contributed by atoms with van der Waals surface area (Å²) in [5.74, 6) is 0. The predicted octanol–water partition coefficient (Wildman–Crippen LogP) is 1.66. The molecule has 2 rings (SSSR count). The van der Waals surface area contributed by atoms with E-state index in [0.717, 1.165) is 29.7 Å². The van der Waals surface area contributed by atoms with Crippen LogP contribution in [0.4, 0.5) is 5.69 Å². The maximum Gasteiger partial charge on any atom is 0.115 e. The molecule has 1 fully saturated rings. The molecule has 0 amide bonds. The van der Waals surface area contributed by atoms with Gasteiger partial charge in [0.15, 0.2) is 0 Å². The van der Waals surface area contributed by atoms with Gasteiger partial charge in [-0.15, -0.1) is 0 Å². The Kier molecular flexibility index (Phi) is 1.73. The van der Waals surface area contributed by atoms with Crippen LogP contribution in [0, 0.1) is 0 Å². The van der Waals surface area contributed by atoms with Crippen molar-refractivity contribution in [3.63, 3.8) is 0 Å². The van der Waals surface area contributed by atoms with E-state index in [9.17, 15) is 4.57 Å². The van der Waals surface area contributed by atoms with Crippen LogP contribution >= 0.6 is 7.14 Å². The maximum absolute atomic E-state index is 12.0. The fourth-order valence-electron chi connectivity index (χ4n) is 1.48. The minimum absolute atomic E-state index is 0.717. The zero-order valence-corrected chi connectivity index (χ0v) is 7.76. The van der Waals surface area contributed by atoms with Crippen LogP contribution in [0.1, 0.15) is 6.42 Å². The molecule has 1 aliphatic rings. The summed E-state index contributed by atoms with van der Waals surface area (Å²) in [6.45, 7) is 0. The molecule has 2 nitrogen and oxygen atoms in total. The molecule has 3 heteroatoms. The average molecular weight is 181 g/mol. The highest BCUT2D eigenvalue weighted by Gasteiger charge is 2.31. The first kappa shape index (κ1) is 7.88. The topological polar surface area (TPSA) is 43.1 Å². The molecular weight excluding hydrogens is 169 g/mol. The third-order valence-electron chi connectivity index (χ3n) is 2.38. The Morgan fingerprint density at radius 2 is 2.08 bits per heavy atom. The van der Waals surface area contributed by atoms with Gasteiger partial charge in [0.25, 0.3) is 0 Å². The molecule has 1 aromatic carbocycles. The first-order chi connectivity index (χ1) is 5.71. The molecule has 0 unspecified atom stereocenters. The Morgan fingerprint density at radius 3 is 2.58 bits per heavy atom. The Morgan fingerprint density at radius 1 is 1.33 bits per heavy atom. The van der Waals surface area contributed by atoms with Crippen LogP contribution < -0.4 is 11.0 Å². The number of hydrogen-bond donors (Lipinski definition) is 1. The smallest absolute Gasteiger partial charge is 0.115 e. The lowest BCUT2D eigenvalue weighted by atomic mass is 10.3. The number of anilines is 1. The summed E-state index contributed by atoms with van der Waals surface area (Å²) >= 11 is 0. The highest BCUT2D eigenvalue weighted by Crippen LogP contribution is 2.53. The molecule has 64 valence electrons. The van der Waals surface area contributed by atoms with E-state index >= 15 is 0 Å². The Bertz CT molecular complexity index is 340. The van der Waals surface area contributed by atoms with Crippen molar-refractivity contribution in [2.24, 2.45) is 0 Å². The summed E-state index contributed by atoms with van der Waals surface area (Å²) in [6.07, 6.45) is 2.85. The zero-order chi connectivity index (χ0) is 8.60. The fourth-order valence-corrected chi connectivity index (χ4v) is 3.63. The second kappa shape index (κ2) is 2.63. The van der Waals surface area contributed by atoms with Gasteiger partial charge < -0.3 is 10.3 Å². The number of hydrogen-bond acceptors (Lipinski definition) is 2. The van der Waals surface area contributed by atoms with E-state index in [0.29, 0.717) is 0 Å². The van der Waals surface area contributed by atoms with Crippen molar-refractivity contribution in [2.45, 2.75) is 6.42 Å². The average Bonchev–Trinajstić information content (AvgIpc) is 2.00. The molecule has 12 heavy (non-hydrogen) atoms. The van der Waals surface area contributed by atoms with Crippen molar-refractivity contribution in [3.8, 4) is 0 Å². The highest BCUT2D eigenvalue weighted by atomic mass is 31.2. The second-order valence-electron chi connectivity index (χ2n) is 3.29. The first-order valence-corrected chi connectivity index (χ1v) is 6.23. The van der Waals surface area contributed by atoms with Gasteiger partial charge in [-0.05, 0) is 18.6 Å². The van der Waals surface area contributed by atoms with Gasteiger partial charge in [-0.25, -0.2) is 0 Å². The van der Waals surface area contributed by atoms with Crippen molar-refractivity contribution in [1.29, 1.82) is 0 Å². The summed E-state index contributed by atoms with van der Waals surface area (Å²) < 4.78 is 12.0. The molecule has 0 spiro atoms. The summed E-state index contributed by atoms with van der Waals surface area (Å²) in [7, 11) is -1.95. The van der Waals surface area contributed by atoms with Crippen molar-refractivity contribution < 1.29 is 4.57 Å². The largest absolute Gasteiger partial charge is 0.399 e. The molecule has 0 atom stereocenters. The molecule has 0 bridgehead atoms. The lowest BCUT2D eigenvalue weighted by Crippen LogP contribution is -2.19. The second-order valence-corrected chi connectivity index (χ2v) is 6.47. The van der Waals surface area contributed by atoms with E-state index in [1.165, 1.54) is 0 Å². The van der Waals surface area contributed by atoms with Crippen LogP contribution in [0.5, 0.6) is 0 Å². The molecule has 1 saturated heterocycles. The van der Waals surface area contributed by atoms with Gasteiger partial charge in [0.05, 0.1) is 0 Å². The van der Waals surface area contributed by atoms with Gasteiger partial charge in [0.1, 0.15) is 7.14 Å². The van der Waals surface area contributed by atoms with Crippen LogP contribution in [0.25, 0.3) is 0 Å². The Hall–Kier alpha value is -0.750. The molecule has 1 heterocycles. The number of nitrogen functional groups attached to an aromatic ring is 1. The summed E-state index contributed by atoms with van der Waals surface area (Å²) in [5.41, 5.74) is 6.33. The van der Waals surface area contributed by atoms with Crippen LogP contribution in [0.2, 0.25) is 0 Å². The minimum Gasteiger partial charge on any atom is -0.399 e. The van der Waals surface area contributed by atoms with E-state index in [-0.39, 0.29) is 0 Å². The normalized spacial score (nSPS) is 20.0. The molecule has 0 radical (unpaired) electrons. The summed E-state index contributed by atoms with van der Waals surface area (Å²) in [4.78, 5) is 0. The van der Waals surface area contributed by atoms with Crippen molar-refractivity contribution >= 4 is 18.1 Å². The highest BCUT2D eigenvalue weighted by molar-refractivity contribution is 7.73. The van der Waals surface area contributed by atoms with Crippen LogP contribution in [-0.4, -0.2) is 12.3 Å². The first-order valence-electron chi connectivity index (χ1n) is 4.15. The molecule has 0 aliphatic carbocycles. The van der Waals surface area contributed by atoms with Crippen molar-refractivity contribution in [1.82, 2.24) is 0 Å². The SMILES string of the molecule is Nc1cccc(P2(=O)CCC2)c1. The van der Waals surface area contributed by atoms with E-state index in [4.69, 9.17) is 5.73 Å². The summed E-state index contributed by atoms with van der Waals surface area (Å²) in [5, 5.41) is 0.966. The van der Waals surface area contributed by atoms with Gasteiger partial charge in [-0.3, -0.25) is 0 Å². The predicted molar refractivity (Wildman–Crippen MR) is 52.4 cm³/mol. The summed E-state index contributed by atoms with van der Waals surface area (Å²) in [6, 6.07) is 7.48. The molecule has 1 aliphatic heterocycles. The van der Waals surface area contributed by atoms with Crippen LogP contribution in [-0.2, 0) is 4.57 Å².